The number of nitrogens with two attached hydrogens (primary N) is 1. The van der Waals surface area contributed by atoms with Gasteiger partial charge in [-0.15, -0.1) is 0 Å². The predicted octanol–water partition coefficient (Wildman–Crippen LogP) is 4.18. The average molecular weight is 263 g/mol. The van der Waals surface area contributed by atoms with E-state index in [0.717, 1.165) is 27.8 Å². The highest BCUT2D eigenvalue weighted by atomic mass is 14.9. The minimum Gasteiger partial charge on any atom is -0.397 e. The molecule has 3 nitrogen and oxygen atoms in total. The maximum Gasteiger partial charge on any atom is 0.0634 e. The molecule has 0 aliphatic carbocycles. The fourth-order valence-corrected chi connectivity index (χ4v) is 2.40. The Hall–Kier alpha value is -2.55. The van der Waals surface area contributed by atoms with Gasteiger partial charge in [0.05, 0.1) is 11.4 Å². The lowest BCUT2D eigenvalue weighted by molar-refractivity contribution is 1.36. The van der Waals surface area contributed by atoms with Crippen molar-refractivity contribution >= 4 is 27.8 Å². The first-order valence-electron chi connectivity index (χ1n) is 6.61. The number of anilines is 3. The van der Waals surface area contributed by atoms with E-state index >= 15 is 0 Å². The normalized spacial score (nSPS) is 10.7. The Morgan fingerprint density at radius 2 is 1.80 bits per heavy atom. The summed E-state index contributed by atoms with van der Waals surface area (Å²) >= 11 is 0. The van der Waals surface area contributed by atoms with Crippen LogP contribution in [-0.4, -0.2) is 4.98 Å². The molecule has 3 rings (SSSR count). The van der Waals surface area contributed by atoms with Crippen LogP contribution in [0.4, 0.5) is 17.1 Å². The van der Waals surface area contributed by atoms with Gasteiger partial charge in [-0.05, 0) is 37.6 Å². The molecule has 0 fully saturated rings. The van der Waals surface area contributed by atoms with Gasteiger partial charge in [-0.1, -0.05) is 23.8 Å². The Bertz CT molecular complexity index is 778. The number of fused-ring (bicyclic) bond motifs is 1. The first-order valence-corrected chi connectivity index (χ1v) is 6.61. The summed E-state index contributed by atoms with van der Waals surface area (Å²) < 4.78 is 0. The molecule has 0 unspecified atom stereocenters. The van der Waals surface area contributed by atoms with E-state index in [1.807, 2.05) is 24.4 Å². The van der Waals surface area contributed by atoms with Crippen molar-refractivity contribution in [2.24, 2.45) is 0 Å². The first kappa shape index (κ1) is 12.5. The van der Waals surface area contributed by atoms with Gasteiger partial charge in [0, 0.05) is 28.9 Å². The Morgan fingerprint density at radius 3 is 2.60 bits per heavy atom. The number of nitrogen functional groups attached to an aromatic ring is 1. The minimum absolute atomic E-state index is 0.755. The molecule has 0 spiro atoms. The molecular weight excluding hydrogens is 246 g/mol. The van der Waals surface area contributed by atoms with Gasteiger partial charge >= 0.3 is 0 Å². The zero-order valence-corrected chi connectivity index (χ0v) is 11.6. The van der Waals surface area contributed by atoms with Crippen LogP contribution in [0.2, 0.25) is 0 Å². The second-order valence-corrected chi connectivity index (χ2v) is 5.07. The minimum atomic E-state index is 0.755. The van der Waals surface area contributed by atoms with Crippen molar-refractivity contribution in [2.75, 3.05) is 11.1 Å². The van der Waals surface area contributed by atoms with Gasteiger partial charge in [0.25, 0.3) is 0 Å². The maximum atomic E-state index is 6.26. The maximum absolute atomic E-state index is 6.26. The van der Waals surface area contributed by atoms with E-state index < -0.39 is 0 Å². The van der Waals surface area contributed by atoms with Gasteiger partial charge in [0.15, 0.2) is 0 Å². The van der Waals surface area contributed by atoms with Crippen molar-refractivity contribution in [2.45, 2.75) is 13.8 Å². The number of hydrogen-bond donors (Lipinski definition) is 2. The van der Waals surface area contributed by atoms with E-state index in [-0.39, 0.29) is 0 Å². The SMILES string of the molecule is Cc1ccc(Nc2ccc3cnccc3c2N)c(C)c1. The summed E-state index contributed by atoms with van der Waals surface area (Å²) in [7, 11) is 0. The summed E-state index contributed by atoms with van der Waals surface area (Å²) in [4.78, 5) is 4.12. The fourth-order valence-electron chi connectivity index (χ4n) is 2.40. The van der Waals surface area contributed by atoms with Crippen molar-refractivity contribution in [3.05, 3.63) is 59.9 Å². The summed E-state index contributed by atoms with van der Waals surface area (Å²) in [5.41, 5.74) is 11.5. The van der Waals surface area contributed by atoms with E-state index in [1.54, 1.807) is 6.20 Å². The van der Waals surface area contributed by atoms with Gasteiger partial charge in [-0.2, -0.15) is 0 Å². The second-order valence-electron chi connectivity index (χ2n) is 5.07. The smallest absolute Gasteiger partial charge is 0.0634 e. The lowest BCUT2D eigenvalue weighted by Gasteiger charge is -2.14. The van der Waals surface area contributed by atoms with Crippen LogP contribution in [0.1, 0.15) is 11.1 Å². The van der Waals surface area contributed by atoms with Crippen molar-refractivity contribution in [3.8, 4) is 0 Å². The molecule has 0 saturated heterocycles. The molecule has 1 heterocycles. The summed E-state index contributed by atoms with van der Waals surface area (Å²) in [6.45, 7) is 4.19. The Balaban J connectivity index is 2.04. The van der Waals surface area contributed by atoms with Crippen LogP contribution in [0.5, 0.6) is 0 Å². The molecule has 3 heteroatoms. The lowest BCUT2D eigenvalue weighted by Crippen LogP contribution is -1.99. The third-order valence-electron chi connectivity index (χ3n) is 3.51. The molecule has 3 aromatic rings. The van der Waals surface area contributed by atoms with Gasteiger partial charge in [-0.25, -0.2) is 0 Å². The summed E-state index contributed by atoms with van der Waals surface area (Å²) in [6, 6.07) is 12.3. The zero-order chi connectivity index (χ0) is 14.1. The monoisotopic (exact) mass is 263 g/mol. The molecule has 100 valence electrons. The molecule has 1 aromatic heterocycles. The third-order valence-corrected chi connectivity index (χ3v) is 3.51. The van der Waals surface area contributed by atoms with Crippen LogP contribution >= 0.6 is 0 Å². The molecule has 0 bridgehead atoms. The number of nitrogens with zero attached hydrogens (tertiary/aromatic N) is 1. The zero-order valence-electron chi connectivity index (χ0n) is 11.6. The Kier molecular flexibility index (Phi) is 3.03. The van der Waals surface area contributed by atoms with Crippen LogP contribution in [0.3, 0.4) is 0 Å². The number of pyridine rings is 1. The second kappa shape index (κ2) is 4.85. The number of hydrogen-bond acceptors (Lipinski definition) is 3. The van der Waals surface area contributed by atoms with E-state index in [0.29, 0.717) is 0 Å². The van der Waals surface area contributed by atoms with Gasteiger partial charge in [0.2, 0.25) is 0 Å². The highest BCUT2D eigenvalue weighted by molar-refractivity contribution is 5.99. The summed E-state index contributed by atoms with van der Waals surface area (Å²) in [5, 5.41) is 5.49. The van der Waals surface area contributed by atoms with E-state index in [9.17, 15) is 0 Å². The van der Waals surface area contributed by atoms with Crippen molar-refractivity contribution in [1.29, 1.82) is 0 Å². The summed E-state index contributed by atoms with van der Waals surface area (Å²) in [6.07, 6.45) is 3.59. The largest absolute Gasteiger partial charge is 0.397 e. The molecule has 0 atom stereocenters. The highest BCUT2D eigenvalue weighted by Gasteiger charge is 2.06. The quantitative estimate of drug-likeness (QED) is 0.682. The van der Waals surface area contributed by atoms with Crippen LogP contribution in [-0.2, 0) is 0 Å². The first-order chi connectivity index (χ1) is 9.65. The summed E-state index contributed by atoms with van der Waals surface area (Å²) in [5.74, 6) is 0. The van der Waals surface area contributed by atoms with Crippen molar-refractivity contribution in [3.63, 3.8) is 0 Å². The molecular formula is C17H17N3. The molecule has 20 heavy (non-hydrogen) atoms. The van der Waals surface area contributed by atoms with Gasteiger partial charge in [-0.3, -0.25) is 4.98 Å². The third kappa shape index (κ3) is 2.18. The topological polar surface area (TPSA) is 50.9 Å². The number of nitrogens with one attached hydrogen (secondary N) is 1. The Labute approximate surface area is 118 Å². The van der Waals surface area contributed by atoms with Gasteiger partial charge in [0.1, 0.15) is 0 Å². The molecule has 0 amide bonds. The fraction of sp³-hybridized carbons (Fsp3) is 0.118. The van der Waals surface area contributed by atoms with Crippen molar-refractivity contribution in [1.82, 2.24) is 4.98 Å². The van der Waals surface area contributed by atoms with Gasteiger partial charge < -0.3 is 11.1 Å². The molecule has 3 N–H and O–H groups in total. The molecule has 0 aliphatic heterocycles. The molecule has 0 radical (unpaired) electrons. The molecule has 0 aliphatic rings. The van der Waals surface area contributed by atoms with E-state index in [4.69, 9.17) is 5.73 Å². The van der Waals surface area contributed by atoms with Crippen LogP contribution in [0, 0.1) is 13.8 Å². The standard InChI is InChI=1S/C17H17N3/c1-11-3-5-15(12(2)9-11)20-16-6-4-13-10-19-8-7-14(13)17(16)18/h3-10,20H,18H2,1-2H3. The van der Waals surface area contributed by atoms with Crippen LogP contribution in [0.15, 0.2) is 48.8 Å². The average Bonchev–Trinajstić information content (AvgIpc) is 2.45. The molecule has 0 saturated carbocycles. The number of aryl methyl sites for hydroxylation is 2. The van der Waals surface area contributed by atoms with Crippen molar-refractivity contribution < 1.29 is 0 Å². The Morgan fingerprint density at radius 1 is 1.00 bits per heavy atom. The molecule has 2 aromatic carbocycles. The number of benzene rings is 2. The number of aromatic nitrogens is 1. The lowest BCUT2D eigenvalue weighted by atomic mass is 10.1. The van der Waals surface area contributed by atoms with E-state index in [1.165, 1.54) is 11.1 Å². The number of rotatable bonds is 2. The van der Waals surface area contributed by atoms with Crippen LogP contribution < -0.4 is 11.1 Å². The van der Waals surface area contributed by atoms with Crippen LogP contribution in [0.25, 0.3) is 10.8 Å². The highest BCUT2D eigenvalue weighted by Crippen LogP contribution is 2.31. The van der Waals surface area contributed by atoms with E-state index in [2.05, 4.69) is 42.3 Å². The predicted molar refractivity (Wildman–Crippen MR) is 85.4 cm³/mol.